The molecule has 0 saturated carbocycles. The standard InChI is InChI=1S/C6H16O2Si.C4H6O2/c1-5-7-9(3,4)8-6-2;1-3(2)4(5)6/h5-6H2,1-4H3;1H2,2H3,(H,5,6). The quantitative estimate of drug-likeness (QED) is 0.586. The first-order valence-electron chi connectivity index (χ1n) is 4.93. The second-order valence-corrected chi connectivity index (χ2v) is 6.73. The fourth-order valence-corrected chi connectivity index (χ4v) is 2.21. The molecule has 0 radical (unpaired) electrons. The molecule has 0 aromatic rings. The van der Waals surface area contributed by atoms with Gasteiger partial charge in [0.25, 0.3) is 0 Å². The molecule has 0 unspecified atom stereocenters. The first-order valence-corrected chi connectivity index (χ1v) is 7.75. The maximum atomic E-state index is 9.60. The third-order valence-electron chi connectivity index (χ3n) is 1.35. The van der Waals surface area contributed by atoms with Gasteiger partial charge < -0.3 is 14.0 Å². The van der Waals surface area contributed by atoms with Crippen molar-refractivity contribution in [3.8, 4) is 0 Å². The summed E-state index contributed by atoms with van der Waals surface area (Å²) in [4.78, 5) is 9.60. The second-order valence-electron chi connectivity index (χ2n) is 3.35. The highest BCUT2D eigenvalue weighted by atomic mass is 28.4. The van der Waals surface area contributed by atoms with E-state index in [-0.39, 0.29) is 5.57 Å². The molecule has 0 rings (SSSR count). The largest absolute Gasteiger partial charge is 0.478 e. The molecular formula is C10H22O4Si. The van der Waals surface area contributed by atoms with Crippen molar-refractivity contribution in [2.24, 2.45) is 0 Å². The Bertz CT molecular complexity index is 182. The lowest BCUT2D eigenvalue weighted by Crippen LogP contribution is -2.34. The number of hydrogen-bond donors (Lipinski definition) is 1. The maximum Gasteiger partial charge on any atom is 0.331 e. The fraction of sp³-hybridized carbons (Fsp3) is 0.700. The van der Waals surface area contributed by atoms with Crippen LogP contribution in [0.2, 0.25) is 13.1 Å². The molecule has 0 aliphatic heterocycles. The third kappa shape index (κ3) is 13.3. The zero-order valence-corrected chi connectivity index (χ0v) is 11.3. The zero-order chi connectivity index (χ0) is 12.5. The SMILES string of the molecule is C=C(C)C(=O)O.CCO[Si](C)(C)OCC. The predicted molar refractivity (Wildman–Crippen MR) is 63.2 cm³/mol. The fourth-order valence-electron chi connectivity index (χ4n) is 0.737. The molecule has 0 bridgehead atoms. The van der Waals surface area contributed by atoms with Gasteiger partial charge in [-0.3, -0.25) is 0 Å². The van der Waals surface area contributed by atoms with Crippen LogP contribution in [0.4, 0.5) is 0 Å². The van der Waals surface area contributed by atoms with E-state index in [1.807, 2.05) is 13.8 Å². The van der Waals surface area contributed by atoms with Crippen molar-refractivity contribution >= 4 is 14.5 Å². The van der Waals surface area contributed by atoms with Crippen LogP contribution < -0.4 is 0 Å². The molecule has 0 saturated heterocycles. The lowest BCUT2D eigenvalue weighted by atomic mass is 10.4. The summed E-state index contributed by atoms with van der Waals surface area (Å²) in [5, 5.41) is 7.89. The Morgan fingerprint density at radius 2 is 1.53 bits per heavy atom. The number of aliphatic carboxylic acids is 1. The highest BCUT2D eigenvalue weighted by Crippen LogP contribution is 2.04. The Labute approximate surface area is 93.2 Å². The van der Waals surface area contributed by atoms with Crippen LogP contribution >= 0.6 is 0 Å². The van der Waals surface area contributed by atoms with Crippen molar-refractivity contribution in [3.05, 3.63) is 12.2 Å². The van der Waals surface area contributed by atoms with Crippen molar-refractivity contribution in [2.75, 3.05) is 13.2 Å². The Balaban J connectivity index is 0. The van der Waals surface area contributed by atoms with Gasteiger partial charge in [0.15, 0.2) is 0 Å². The first kappa shape index (κ1) is 16.8. The zero-order valence-electron chi connectivity index (χ0n) is 10.3. The molecule has 90 valence electrons. The summed E-state index contributed by atoms with van der Waals surface area (Å²) in [6.45, 7) is 14.2. The van der Waals surface area contributed by atoms with Crippen LogP contribution in [0.1, 0.15) is 20.8 Å². The molecule has 0 aromatic carbocycles. The topological polar surface area (TPSA) is 55.8 Å². The molecule has 0 spiro atoms. The van der Waals surface area contributed by atoms with Gasteiger partial charge in [-0.2, -0.15) is 0 Å². The molecule has 0 aromatic heterocycles. The minimum atomic E-state index is -1.70. The van der Waals surface area contributed by atoms with Crippen molar-refractivity contribution in [1.82, 2.24) is 0 Å². The van der Waals surface area contributed by atoms with Gasteiger partial charge in [-0.25, -0.2) is 4.79 Å². The van der Waals surface area contributed by atoms with E-state index in [1.165, 1.54) is 6.92 Å². The summed E-state index contributed by atoms with van der Waals surface area (Å²) in [7, 11) is -1.70. The molecule has 1 N–H and O–H groups in total. The summed E-state index contributed by atoms with van der Waals surface area (Å²) >= 11 is 0. The average Bonchev–Trinajstić information content (AvgIpc) is 2.04. The molecule has 0 aliphatic carbocycles. The molecule has 0 heterocycles. The first-order chi connectivity index (χ1) is 6.76. The Morgan fingerprint density at radius 3 is 1.67 bits per heavy atom. The summed E-state index contributed by atoms with van der Waals surface area (Å²) in [5.74, 6) is -0.935. The number of hydrogen-bond acceptors (Lipinski definition) is 3. The Morgan fingerprint density at radius 1 is 1.27 bits per heavy atom. The minimum absolute atomic E-state index is 0.176. The van der Waals surface area contributed by atoms with Crippen LogP contribution in [-0.4, -0.2) is 32.9 Å². The van der Waals surface area contributed by atoms with E-state index < -0.39 is 14.5 Å². The van der Waals surface area contributed by atoms with Gasteiger partial charge in [0, 0.05) is 18.8 Å². The number of carboxylic acid groups (broad SMARTS) is 1. The monoisotopic (exact) mass is 234 g/mol. The predicted octanol–water partition coefficient (Wildman–Crippen LogP) is 2.41. The van der Waals surface area contributed by atoms with Crippen molar-refractivity contribution in [2.45, 2.75) is 33.9 Å². The van der Waals surface area contributed by atoms with Crippen LogP contribution in [0.15, 0.2) is 12.2 Å². The van der Waals surface area contributed by atoms with Crippen LogP contribution in [-0.2, 0) is 13.6 Å². The Kier molecular flexibility index (Phi) is 9.66. The van der Waals surface area contributed by atoms with E-state index in [0.29, 0.717) is 0 Å². The summed E-state index contributed by atoms with van der Waals surface area (Å²) < 4.78 is 10.8. The van der Waals surface area contributed by atoms with E-state index in [4.69, 9.17) is 14.0 Å². The molecule has 4 nitrogen and oxygen atoms in total. The third-order valence-corrected chi connectivity index (χ3v) is 3.32. The summed E-state index contributed by atoms with van der Waals surface area (Å²) in [6, 6.07) is 0. The van der Waals surface area contributed by atoms with E-state index in [0.717, 1.165) is 13.2 Å². The molecular weight excluding hydrogens is 212 g/mol. The second kappa shape index (κ2) is 8.64. The van der Waals surface area contributed by atoms with Crippen molar-refractivity contribution in [3.63, 3.8) is 0 Å². The number of carbonyl (C=O) groups is 1. The van der Waals surface area contributed by atoms with Crippen LogP contribution in [0.3, 0.4) is 0 Å². The number of carboxylic acids is 1. The van der Waals surface area contributed by atoms with E-state index in [1.54, 1.807) is 0 Å². The molecule has 0 atom stereocenters. The van der Waals surface area contributed by atoms with Gasteiger partial charge in [-0.05, 0) is 33.9 Å². The molecule has 0 aliphatic rings. The van der Waals surface area contributed by atoms with E-state index in [2.05, 4.69) is 19.7 Å². The van der Waals surface area contributed by atoms with Gasteiger partial charge >= 0.3 is 14.5 Å². The van der Waals surface area contributed by atoms with Gasteiger partial charge in [-0.15, -0.1) is 0 Å². The Hall–Kier alpha value is -0.653. The van der Waals surface area contributed by atoms with Crippen molar-refractivity contribution < 1.29 is 18.8 Å². The van der Waals surface area contributed by atoms with Crippen LogP contribution in [0, 0.1) is 0 Å². The van der Waals surface area contributed by atoms with Gasteiger partial charge in [0.05, 0.1) is 0 Å². The van der Waals surface area contributed by atoms with Crippen LogP contribution in [0.5, 0.6) is 0 Å². The molecule has 15 heavy (non-hydrogen) atoms. The lowest BCUT2D eigenvalue weighted by molar-refractivity contribution is -0.132. The summed E-state index contributed by atoms with van der Waals surface area (Å²) in [5.41, 5.74) is 0.176. The van der Waals surface area contributed by atoms with Crippen LogP contribution in [0.25, 0.3) is 0 Å². The van der Waals surface area contributed by atoms with Crippen molar-refractivity contribution in [1.29, 1.82) is 0 Å². The van der Waals surface area contributed by atoms with E-state index in [9.17, 15) is 4.79 Å². The normalized spacial score (nSPS) is 10.2. The number of rotatable bonds is 5. The molecule has 0 fully saturated rings. The average molecular weight is 234 g/mol. The molecule has 0 amide bonds. The van der Waals surface area contributed by atoms with E-state index >= 15 is 0 Å². The minimum Gasteiger partial charge on any atom is -0.478 e. The van der Waals surface area contributed by atoms with Gasteiger partial charge in [-0.1, -0.05) is 6.58 Å². The van der Waals surface area contributed by atoms with Gasteiger partial charge in [0.1, 0.15) is 0 Å². The smallest absolute Gasteiger partial charge is 0.331 e. The highest BCUT2D eigenvalue weighted by Gasteiger charge is 2.22. The lowest BCUT2D eigenvalue weighted by Gasteiger charge is -2.20. The summed E-state index contributed by atoms with van der Waals surface area (Å²) in [6.07, 6.45) is 0. The van der Waals surface area contributed by atoms with Gasteiger partial charge in [0.2, 0.25) is 0 Å². The maximum absolute atomic E-state index is 9.60. The molecule has 5 heteroatoms. The highest BCUT2D eigenvalue weighted by molar-refractivity contribution is 6.64.